The van der Waals surface area contributed by atoms with Crippen molar-refractivity contribution in [2.75, 3.05) is 0 Å². The van der Waals surface area contributed by atoms with Gasteiger partial charge in [0, 0.05) is 0 Å². The van der Waals surface area contributed by atoms with Gasteiger partial charge in [-0.1, -0.05) is 6.07 Å². The number of nitrogens with zero attached hydrogens (tertiary/aromatic N) is 1. The van der Waals surface area contributed by atoms with Gasteiger partial charge in [0.2, 0.25) is 0 Å². The van der Waals surface area contributed by atoms with Crippen molar-refractivity contribution in [3.8, 4) is 6.07 Å². The molecule has 0 unspecified atom stereocenters. The molecular weight excluding hydrogens is 202 g/mol. The lowest BCUT2D eigenvalue weighted by atomic mass is 10.4. The molecule has 5 nitrogen and oxygen atoms in total. The van der Waals surface area contributed by atoms with Crippen LogP contribution in [0.4, 0.5) is 0 Å². The van der Waals surface area contributed by atoms with E-state index in [0.29, 0.717) is 4.88 Å². The van der Waals surface area contributed by atoms with Gasteiger partial charge in [0.15, 0.2) is 0 Å². The fourth-order valence-electron chi connectivity index (χ4n) is 0.712. The molecule has 0 radical (unpaired) electrons. The molecule has 1 heterocycles. The summed E-state index contributed by atoms with van der Waals surface area (Å²) in [5.74, 6) is -0.913. The number of nitrogens with one attached hydrogen (secondary N) is 2. The van der Waals surface area contributed by atoms with E-state index in [2.05, 4.69) is 10.9 Å². The van der Waals surface area contributed by atoms with Gasteiger partial charge in [-0.25, -0.2) is 0 Å². The zero-order valence-corrected chi connectivity index (χ0v) is 7.93. The van der Waals surface area contributed by atoms with Crippen LogP contribution in [0.25, 0.3) is 0 Å². The molecule has 6 heteroatoms. The molecule has 0 aliphatic carbocycles. The van der Waals surface area contributed by atoms with Crippen molar-refractivity contribution in [3.05, 3.63) is 22.4 Å². The lowest BCUT2D eigenvalue weighted by Gasteiger charge is -2.02. The molecule has 1 rings (SSSR count). The molecule has 1 aromatic heterocycles. The number of hydrogen-bond donors (Lipinski definition) is 2. The van der Waals surface area contributed by atoms with Gasteiger partial charge in [-0.2, -0.15) is 5.26 Å². The molecule has 0 aliphatic rings. The van der Waals surface area contributed by atoms with E-state index >= 15 is 0 Å². The van der Waals surface area contributed by atoms with E-state index in [1.54, 1.807) is 23.6 Å². The maximum absolute atomic E-state index is 11.2. The first kappa shape index (κ1) is 10.2. The maximum Gasteiger partial charge on any atom is 0.279 e. The van der Waals surface area contributed by atoms with Crippen molar-refractivity contribution in [1.29, 1.82) is 5.26 Å². The van der Waals surface area contributed by atoms with E-state index in [1.165, 1.54) is 11.3 Å². The second-order valence-electron chi connectivity index (χ2n) is 2.31. The molecule has 0 saturated heterocycles. The molecule has 72 valence electrons. The number of amides is 2. The summed E-state index contributed by atoms with van der Waals surface area (Å²) in [7, 11) is 0. The van der Waals surface area contributed by atoms with Gasteiger partial charge in [0.1, 0.15) is 6.42 Å². The number of carbonyl (C=O) groups is 2. The standard InChI is InChI=1S/C8H7N3O2S/c9-4-3-7(12)10-11-8(13)6-2-1-5-14-6/h1-2,5H,3H2,(H,10,12)(H,11,13). The van der Waals surface area contributed by atoms with Crippen molar-refractivity contribution in [2.24, 2.45) is 0 Å². The summed E-state index contributed by atoms with van der Waals surface area (Å²) in [6.45, 7) is 0. The first-order chi connectivity index (χ1) is 6.74. The Hall–Kier alpha value is -1.87. The normalized spacial score (nSPS) is 8.79. The zero-order chi connectivity index (χ0) is 10.4. The van der Waals surface area contributed by atoms with Crippen LogP contribution in [0.15, 0.2) is 17.5 Å². The molecule has 2 N–H and O–H groups in total. The number of hydrazine groups is 1. The van der Waals surface area contributed by atoms with Crippen LogP contribution in [0.3, 0.4) is 0 Å². The number of rotatable bonds is 2. The summed E-state index contributed by atoms with van der Waals surface area (Å²) in [6, 6.07) is 5.03. The average Bonchev–Trinajstić information content (AvgIpc) is 2.67. The topological polar surface area (TPSA) is 82.0 Å². The minimum Gasteiger partial charge on any atom is -0.272 e. The van der Waals surface area contributed by atoms with Crippen molar-refractivity contribution < 1.29 is 9.59 Å². The summed E-state index contributed by atoms with van der Waals surface area (Å²) in [5, 5.41) is 9.92. The molecular formula is C8H7N3O2S. The van der Waals surface area contributed by atoms with Gasteiger partial charge in [-0.05, 0) is 11.4 Å². The van der Waals surface area contributed by atoms with Crippen molar-refractivity contribution >= 4 is 23.2 Å². The Labute approximate surface area is 84.3 Å². The highest BCUT2D eigenvalue weighted by Gasteiger charge is 2.06. The lowest BCUT2D eigenvalue weighted by Crippen LogP contribution is -2.41. The summed E-state index contributed by atoms with van der Waals surface area (Å²) < 4.78 is 0. The Bertz CT molecular complexity index is 366. The quantitative estimate of drug-likeness (QED) is 0.692. The first-order valence-corrected chi connectivity index (χ1v) is 4.61. The smallest absolute Gasteiger partial charge is 0.272 e. The summed E-state index contributed by atoms with van der Waals surface area (Å²) in [4.78, 5) is 22.5. The van der Waals surface area contributed by atoms with Gasteiger partial charge in [-0.15, -0.1) is 11.3 Å². The maximum atomic E-state index is 11.2. The van der Waals surface area contributed by atoms with Crippen molar-refractivity contribution in [3.63, 3.8) is 0 Å². The second-order valence-corrected chi connectivity index (χ2v) is 3.26. The van der Waals surface area contributed by atoms with Crippen LogP contribution in [0, 0.1) is 11.3 Å². The number of carbonyl (C=O) groups excluding carboxylic acids is 2. The molecule has 0 spiro atoms. The van der Waals surface area contributed by atoms with Gasteiger partial charge in [0.05, 0.1) is 10.9 Å². The van der Waals surface area contributed by atoms with Gasteiger partial charge < -0.3 is 0 Å². The third-order valence-electron chi connectivity index (χ3n) is 1.30. The summed E-state index contributed by atoms with van der Waals surface area (Å²) in [5.41, 5.74) is 4.31. The Balaban J connectivity index is 2.37. The molecule has 14 heavy (non-hydrogen) atoms. The van der Waals surface area contributed by atoms with Gasteiger partial charge in [-0.3, -0.25) is 20.4 Å². The Morgan fingerprint density at radius 1 is 1.50 bits per heavy atom. The van der Waals surface area contributed by atoms with E-state index in [0.717, 1.165) is 0 Å². The second kappa shape index (κ2) is 4.99. The molecule has 0 bridgehead atoms. The van der Waals surface area contributed by atoms with Crippen LogP contribution in [0.5, 0.6) is 0 Å². The minimum atomic E-state index is -0.530. The highest BCUT2D eigenvalue weighted by molar-refractivity contribution is 7.12. The fraction of sp³-hybridized carbons (Fsp3) is 0.125. The molecule has 2 amide bonds. The monoisotopic (exact) mass is 209 g/mol. The van der Waals surface area contributed by atoms with E-state index in [4.69, 9.17) is 5.26 Å². The third-order valence-corrected chi connectivity index (χ3v) is 2.17. The number of hydrogen-bond acceptors (Lipinski definition) is 4. The van der Waals surface area contributed by atoms with Crippen LogP contribution < -0.4 is 10.9 Å². The van der Waals surface area contributed by atoms with Crippen LogP contribution >= 0.6 is 11.3 Å². The zero-order valence-electron chi connectivity index (χ0n) is 7.11. The first-order valence-electron chi connectivity index (χ1n) is 3.73. The Kier molecular flexibility index (Phi) is 3.64. The summed E-state index contributed by atoms with van der Waals surface area (Å²) in [6.07, 6.45) is -0.273. The van der Waals surface area contributed by atoms with Gasteiger partial charge >= 0.3 is 0 Å². The third kappa shape index (κ3) is 2.88. The van der Waals surface area contributed by atoms with Crippen molar-refractivity contribution in [2.45, 2.75) is 6.42 Å². The SMILES string of the molecule is N#CCC(=O)NNC(=O)c1cccs1. The number of thiophene rings is 1. The van der Waals surface area contributed by atoms with Crippen molar-refractivity contribution in [1.82, 2.24) is 10.9 Å². The van der Waals surface area contributed by atoms with Crippen LogP contribution in [0.2, 0.25) is 0 Å². The molecule has 1 aromatic rings. The Morgan fingerprint density at radius 2 is 2.29 bits per heavy atom. The average molecular weight is 209 g/mol. The van der Waals surface area contributed by atoms with Crippen LogP contribution in [-0.2, 0) is 4.79 Å². The lowest BCUT2D eigenvalue weighted by molar-refractivity contribution is -0.120. The minimum absolute atomic E-state index is 0.273. The van der Waals surface area contributed by atoms with Crippen LogP contribution in [0.1, 0.15) is 16.1 Å². The fourth-order valence-corrected chi connectivity index (χ4v) is 1.33. The largest absolute Gasteiger partial charge is 0.279 e. The summed E-state index contributed by atoms with van der Waals surface area (Å²) >= 11 is 1.27. The van der Waals surface area contributed by atoms with E-state index in [9.17, 15) is 9.59 Å². The highest BCUT2D eigenvalue weighted by atomic mass is 32.1. The van der Waals surface area contributed by atoms with E-state index in [1.807, 2.05) is 0 Å². The molecule has 0 atom stereocenters. The predicted molar refractivity (Wildman–Crippen MR) is 50.2 cm³/mol. The highest BCUT2D eigenvalue weighted by Crippen LogP contribution is 2.06. The molecule has 0 fully saturated rings. The van der Waals surface area contributed by atoms with Crippen LogP contribution in [-0.4, -0.2) is 11.8 Å². The molecule has 0 saturated carbocycles. The van der Waals surface area contributed by atoms with E-state index in [-0.39, 0.29) is 12.3 Å². The molecule has 0 aromatic carbocycles. The van der Waals surface area contributed by atoms with E-state index < -0.39 is 5.91 Å². The number of nitriles is 1. The Morgan fingerprint density at radius 3 is 2.86 bits per heavy atom. The molecule has 0 aliphatic heterocycles. The predicted octanol–water partition coefficient (Wildman–Crippen LogP) is 0.423. The van der Waals surface area contributed by atoms with Gasteiger partial charge in [0.25, 0.3) is 11.8 Å².